The average molecular weight is 478 g/mol. The molecule has 4 rings (SSSR count). The second kappa shape index (κ2) is 12.5. The Balaban J connectivity index is 0.00000171. The molecule has 1 atom stereocenters. The van der Waals surface area contributed by atoms with Crippen LogP contribution in [-0.2, 0) is 13.0 Å². The van der Waals surface area contributed by atoms with Crippen molar-refractivity contribution < 1.29 is 0 Å². The summed E-state index contributed by atoms with van der Waals surface area (Å²) in [6, 6.07) is 28.5. The predicted octanol–water partition coefficient (Wildman–Crippen LogP) is 6.59. The number of piperazine rings is 1. The maximum Gasteiger partial charge on any atom is 0.0406 e. The number of halogens is 3. The summed E-state index contributed by atoms with van der Waals surface area (Å²) in [4.78, 5) is 5.22. The Labute approximate surface area is 204 Å². The van der Waals surface area contributed by atoms with Gasteiger partial charge in [-0.15, -0.1) is 24.8 Å². The van der Waals surface area contributed by atoms with E-state index in [1.807, 2.05) is 12.1 Å². The minimum atomic E-state index is 0. The van der Waals surface area contributed by atoms with Crippen molar-refractivity contribution in [2.75, 3.05) is 26.2 Å². The molecule has 0 aromatic heterocycles. The minimum Gasteiger partial charge on any atom is -0.297 e. The molecule has 0 aliphatic carbocycles. The first kappa shape index (κ1) is 25.7. The Morgan fingerprint density at radius 2 is 1.42 bits per heavy atom. The largest absolute Gasteiger partial charge is 0.297 e. The smallest absolute Gasteiger partial charge is 0.0406 e. The first-order valence-corrected chi connectivity index (χ1v) is 10.9. The van der Waals surface area contributed by atoms with E-state index in [0.717, 1.165) is 44.2 Å². The summed E-state index contributed by atoms with van der Waals surface area (Å²) in [5, 5.41) is 0.801. The fourth-order valence-electron chi connectivity index (χ4n) is 4.28. The van der Waals surface area contributed by atoms with Gasteiger partial charge in [-0.3, -0.25) is 9.80 Å². The fourth-order valence-corrected chi connectivity index (χ4v) is 4.41. The van der Waals surface area contributed by atoms with Crippen LogP contribution in [0.25, 0.3) is 0 Å². The molecule has 3 aromatic rings. The van der Waals surface area contributed by atoms with Gasteiger partial charge in [0.15, 0.2) is 0 Å². The van der Waals surface area contributed by atoms with Crippen molar-refractivity contribution >= 4 is 36.4 Å². The van der Waals surface area contributed by atoms with Crippen molar-refractivity contribution in [1.82, 2.24) is 9.80 Å². The van der Waals surface area contributed by atoms with Gasteiger partial charge in [-0.1, -0.05) is 83.9 Å². The molecule has 1 unspecified atom stereocenters. The highest BCUT2D eigenvalue weighted by Gasteiger charge is 2.25. The monoisotopic (exact) mass is 476 g/mol. The van der Waals surface area contributed by atoms with Gasteiger partial charge in [-0.05, 0) is 42.2 Å². The topological polar surface area (TPSA) is 6.48 Å². The van der Waals surface area contributed by atoms with Gasteiger partial charge >= 0.3 is 0 Å². The molecular formula is C26H31Cl3N2. The normalized spacial score (nSPS) is 15.5. The van der Waals surface area contributed by atoms with Gasteiger partial charge in [-0.2, -0.15) is 0 Å². The van der Waals surface area contributed by atoms with Crippen molar-refractivity contribution in [3.05, 3.63) is 106 Å². The van der Waals surface area contributed by atoms with Crippen molar-refractivity contribution in [3.8, 4) is 0 Å². The second-order valence-electron chi connectivity index (χ2n) is 8.06. The van der Waals surface area contributed by atoms with E-state index in [1.165, 1.54) is 22.3 Å². The molecule has 5 heteroatoms. The van der Waals surface area contributed by atoms with Gasteiger partial charge in [0.25, 0.3) is 0 Å². The lowest BCUT2D eigenvalue weighted by Gasteiger charge is -2.39. The van der Waals surface area contributed by atoms with Crippen LogP contribution < -0.4 is 0 Å². The molecule has 0 radical (unpaired) electrons. The summed E-state index contributed by atoms with van der Waals surface area (Å²) in [7, 11) is 0. The Morgan fingerprint density at radius 3 is 2.06 bits per heavy atom. The maximum absolute atomic E-state index is 6.15. The third-order valence-electron chi connectivity index (χ3n) is 5.86. The van der Waals surface area contributed by atoms with Crippen LogP contribution in [0.2, 0.25) is 5.02 Å². The zero-order valence-corrected chi connectivity index (χ0v) is 20.3. The van der Waals surface area contributed by atoms with Gasteiger partial charge in [0.1, 0.15) is 0 Å². The number of nitrogens with zero attached hydrogens (tertiary/aromatic N) is 2. The van der Waals surface area contributed by atoms with Crippen LogP contribution in [0.5, 0.6) is 0 Å². The maximum atomic E-state index is 6.15. The van der Waals surface area contributed by atoms with Crippen LogP contribution in [0, 0.1) is 6.92 Å². The van der Waals surface area contributed by atoms with Gasteiger partial charge in [-0.25, -0.2) is 0 Å². The van der Waals surface area contributed by atoms with E-state index in [-0.39, 0.29) is 24.8 Å². The Bertz CT molecular complexity index is 907. The molecule has 31 heavy (non-hydrogen) atoms. The SMILES string of the molecule is Cc1cccc(CN2CCN(C(Cc3ccccc3)c3ccc(Cl)cc3)CC2)c1.Cl.Cl. The highest BCUT2D eigenvalue weighted by Crippen LogP contribution is 2.28. The van der Waals surface area contributed by atoms with Crippen molar-refractivity contribution in [3.63, 3.8) is 0 Å². The Hall–Kier alpha value is -1.55. The Morgan fingerprint density at radius 1 is 0.774 bits per heavy atom. The first-order valence-electron chi connectivity index (χ1n) is 10.5. The van der Waals surface area contributed by atoms with Gasteiger partial charge in [0.05, 0.1) is 0 Å². The summed E-state index contributed by atoms with van der Waals surface area (Å²) >= 11 is 6.15. The first-order chi connectivity index (χ1) is 14.2. The van der Waals surface area contributed by atoms with Crippen molar-refractivity contribution in [2.45, 2.75) is 25.9 Å². The average Bonchev–Trinajstić information content (AvgIpc) is 2.74. The molecule has 1 fully saturated rings. The van der Waals surface area contributed by atoms with E-state index in [0.29, 0.717) is 6.04 Å². The molecule has 0 spiro atoms. The van der Waals surface area contributed by atoms with Crippen LogP contribution in [-0.4, -0.2) is 36.0 Å². The number of benzene rings is 3. The third-order valence-corrected chi connectivity index (χ3v) is 6.11. The molecule has 3 aromatic carbocycles. The lowest BCUT2D eigenvalue weighted by molar-refractivity contribution is 0.0912. The minimum absolute atomic E-state index is 0. The summed E-state index contributed by atoms with van der Waals surface area (Å²) in [6.45, 7) is 7.60. The lowest BCUT2D eigenvalue weighted by atomic mass is 9.96. The van der Waals surface area contributed by atoms with Gasteiger partial charge in [0, 0.05) is 43.8 Å². The second-order valence-corrected chi connectivity index (χ2v) is 8.49. The Kier molecular flexibility index (Phi) is 10.3. The van der Waals surface area contributed by atoms with Crippen LogP contribution >= 0.6 is 36.4 Å². The molecule has 0 N–H and O–H groups in total. The van der Waals surface area contributed by atoms with Crippen LogP contribution in [0.4, 0.5) is 0 Å². The molecule has 1 aliphatic rings. The zero-order valence-electron chi connectivity index (χ0n) is 17.9. The predicted molar refractivity (Wildman–Crippen MR) is 137 cm³/mol. The number of rotatable bonds is 6. The summed E-state index contributed by atoms with van der Waals surface area (Å²) in [5.41, 5.74) is 5.49. The highest BCUT2D eigenvalue weighted by molar-refractivity contribution is 6.30. The van der Waals surface area contributed by atoms with E-state index >= 15 is 0 Å². The standard InChI is InChI=1S/C26H29ClN2.2ClH/c1-21-6-5-9-23(18-21)20-28-14-16-29(17-15-28)26(19-22-7-3-2-4-8-22)24-10-12-25(27)13-11-24;;/h2-13,18,26H,14-17,19-20H2,1H3;2*1H. The number of hydrogen-bond donors (Lipinski definition) is 0. The molecule has 0 bridgehead atoms. The van der Waals surface area contributed by atoms with Crippen LogP contribution in [0.15, 0.2) is 78.9 Å². The molecular weight excluding hydrogens is 447 g/mol. The molecule has 0 amide bonds. The summed E-state index contributed by atoms with van der Waals surface area (Å²) in [6.07, 6.45) is 1.03. The molecule has 166 valence electrons. The van der Waals surface area contributed by atoms with Crippen LogP contribution in [0.3, 0.4) is 0 Å². The molecule has 1 heterocycles. The quantitative estimate of drug-likeness (QED) is 0.395. The molecule has 0 saturated carbocycles. The van der Waals surface area contributed by atoms with Gasteiger partial charge < -0.3 is 0 Å². The fraction of sp³-hybridized carbons (Fsp3) is 0.308. The molecule has 2 nitrogen and oxygen atoms in total. The molecule has 1 aliphatic heterocycles. The number of hydrogen-bond acceptors (Lipinski definition) is 2. The highest BCUT2D eigenvalue weighted by atomic mass is 35.5. The van der Waals surface area contributed by atoms with Crippen molar-refractivity contribution in [1.29, 1.82) is 0 Å². The van der Waals surface area contributed by atoms with E-state index in [9.17, 15) is 0 Å². The third kappa shape index (κ3) is 7.24. The van der Waals surface area contributed by atoms with Crippen LogP contribution in [0.1, 0.15) is 28.3 Å². The zero-order chi connectivity index (χ0) is 20.1. The van der Waals surface area contributed by atoms with E-state index in [4.69, 9.17) is 11.6 Å². The number of aryl methyl sites for hydroxylation is 1. The summed E-state index contributed by atoms with van der Waals surface area (Å²) in [5.74, 6) is 0. The summed E-state index contributed by atoms with van der Waals surface area (Å²) < 4.78 is 0. The van der Waals surface area contributed by atoms with Gasteiger partial charge in [0.2, 0.25) is 0 Å². The van der Waals surface area contributed by atoms with Crippen molar-refractivity contribution in [2.24, 2.45) is 0 Å². The van der Waals surface area contributed by atoms with E-state index < -0.39 is 0 Å². The molecule has 1 saturated heterocycles. The van der Waals surface area contributed by atoms with E-state index in [2.05, 4.69) is 83.5 Å². The van der Waals surface area contributed by atoms with E-state index in [1.54, 1.807) is 0 Å². The lowest BCUT2D eigenvalue weighted by Crippen LogP contribution is -2.47.